The first-order chi connectivity index (χ1) is 9.72. The molecule has 2 aromatic rings. The van der Waals surface area contributed by atoms with Crippen molar-refractivity contribution in [2.75, 3.05) is 6.61 Å². The van der Waals surface area contributed by atoms with E-state index in [-0.39, 0.29) is 0 Å². The van der Waals surface area contributed by atoms with Crippen molar-refractivity contribution in [3.63, 3.8) is 0 Å². The molecule has 0 aromatic heterocycles. The molecule has 0 atom stereocenters. The molecule has 0 saturated carbocycles. The lowest BCUT2D eigenvalue weighted by molar-refractivity contribution is 0.313. The highest BCUT2D eigenvalue weighted by molar-refractivity contribution is 6.01. The van der Waals surface area contributed by atoms with Crippen LogP contribution < -0.4 is 4.74 Å². The van der Waals surface area contributed by atoms with E-state index in [2.05, 4.69) is 17.3 Å². The highest BCUT2D eigenvalue weighted by Crippen LogP contribution is 2.24. The van der Waals surface area contributed by atoms with Gasteiger partial charge in [0.2, 0.25) is 0 Å². The summed E-state index contributed by atoms with van der Waals surface area (Å²) in [6, 6.07) is 16.1. The zero-order valence-corrected chi connectivity index (χ0v) is 11.8. The predicted octanol–water partition coefficient (Wildman–Crippen LogP) is 3.81. The van der Waals surface area contributed by atoms with Crippen LogP contribution >= 0.6 is 0 Å². The predicted molar refractivity (Wildman–Crippen MR) is 80.8 cm³/mol. The number of aryl methyl sites for hydroxylation is 1. The van der Waals surface area contributed by atoms with Crippen molar-refractivity contribution in [1.82, 2.24) is 0 Å². The van der Waals surface area contributed by atoms with Gasteiger partial charge in [-0.05, 0) is 31.0 Å². The Morgan fingerprint density at radius 3 is 2.55 bits per heavy atom. The molecule has 0 amide bonds. The van der Waals surface area contributed by atoms with Crippen LogP contribution in [0.5, 0.6) is 5.75 Å². The average molecular weight is 269 g/mol. The zero-order valence-electron chi connectivity index (χ0n) is 11.8. The first-order valence-corrected chi connectivity index (χ1v) is 6.67. The van der Waals surface area contributed by atoms with Gasteiger partial charge in [0.05, 0.1) is 12.3 Å². The third-order valence-electron chi connectivity index (χ3n) is 3.23. The van der Waals surface area contributed by atoms with E-state index in [1.54, 1.807) is 6.92 Å². The minimum atomic E-state index is 0.559. The fourth-order valence-corrected chi connectivity index (χ4v) is 2.10. The van der Waals surface area contributed by atoms with Crippen LogP contribution in [0.1, 0.15) is 23.6 Å². The third kappa shape index (κ3) is 3.38. The Bertz CT molecular complexity index is 591. The number of hydrogen-bond acceptors (Lipinski definition) is 3. The van der Waals surface area contributed by atoms with Crippen molar-refractivity contribution in [3.05, 3.63) is 65.2 Å². The van der Waals surface area contributed by atoms with Gasteiger partial charge in [-0.15, -0.1) is 0 Å². The van der Waals surface area contributed by atoms with Gasteiger partial charge in [0.25, 0.3) is 0 Å². The van der Waals surface area contributed by atoms with E-state index in [0.29, 0.717) is 12.3 Å². The van der Waals surface area contributed by atoms with Crippen molar-refractivity contribution in [2.45, 2.75) is 20.3 Å². The number of ether oxygens (including phenoxy) is 1. The Morgan fingerprint density at radius 2 is 1.85 bits per heavy atom. The molecule has 0 fully saturated rings. The summed E-state index contributed by atoms with van der Waals surface area (Å²) in [5.41, 5.74) is 3.68. The number of benzene rings is 2. The fraction of sp³-hybridized carbons (Fsp3) is 0.235. The summed E-state index contributed by atoms with van der Waals surface area (Å²) >= 11 is 0. The van der Waals surface area contributed by atoms with Gasteiger partial charge in [0.15, 0.2) is 0 Å². The monoisotopic (exact) mass is 269 g/mol. The summed E-state index contributed by atoms with van der Waals surface area (Å²) < 4.78 is 5.90. The van der Waals surface area contributed by atoms with Gasteiger partial charge in [0.1, 0.15) is 5.75 Å². The molecule has 0 spiro atoms. The first kappa shape index (κ1) is 14.1. The molecule has 3 nitrogen and oxygen atoms in total. The minimum Gasteiger partial charge on any atom is -0.492 e. The summed E-state index contributed by atoms with van der Waals surface area (Å²) in [5, 5.41) is 12.2. The van der Waals surface area contributed by atoms with Crippen molar-refractivity contribution >= 4 is 5.71 Å². The van der Waals surface area contributed by atoms with Gasteiger partial charge in [-0.3, -0.25) is 0 Å². The van der Waals surface area contributed by atoms with Gasteiger partial charge in [-0.25, -0.2) is 0 Å². The summed E-state index contributed by atoms with van der Waals surface area (Å²) in [6.45, 7) is 4.35. The molecule has 0 aliphatic rings. The maximum Gasteiger partial charge on any atom is 0.131 e. The van der Waals surface area contributed by atoms with Crippen LogP contribution in [-0.2, 0) is 6.42 Å². The number of para-hydroxylation sites is 1. The highest BCUT2D eigenvalue weighted by atomic mass is 16.5. The second-order valence-corrected chi connectivity index (χ2v) is 4.72. The van der Waals surface area contributed by atoms with E-state index in [9.17, 15) is 0 Å². The summed E-state index contributed by atoms with van der Waals surface area (Å²) in [6.07, 6.45) is 0.851. The van der Waals surface area contributed by atoms with Crippen molar-refractivity contribution in [1.29, 1.82) is 0 Å². The Labute approximate surface area is 119 Å². The van der Waals surface area contributed by atoms with Gasteiger partial charge in [0, 0.05) is 12.0 Å². The van der Waals surface area contributed by atoms with Gasteiger partial charge < -0.3 is 9.94 Å². The molecule has 0 unspecified atom stereocenters. The molecule has 2 aromatic carbocycles. The van der Waals surface area contributed by atoms with E-state index >= 15 is 0 Å². The Hall–Kier alpha value is -2.29. The normalized spacial score (nSPS) is 11.4. The van der Waals surface area contributed by atoms with Crippen LogP contribution in [0.3, 0.4) is 0 Å². The molecule has 0 heterocycles. The molecule has 0 aliphatic heterocycles. The van der Waals surface area contributed by atoms with Crippen molar-refractivity contribution in [3.8, 4) is 5.75 Å². The van der Waals surface area contributed by atoms with E-state index in [4.69, 9.17) is 9.94 Å². The van der Waals surface area contributed by atoms with Crippen molar-refractivity contribution < 1.29 is 9.94 Å². The molecule has 3 heteroatoms. The van der Waals surface area contributed by atoms with E-state index in [1.165, 1.54) is 5.56 Å². The molecule has 104 valence electrons. The second kappa shape index (κ2) is 6.75. The Kier molecular flexibility index (Phi) is 4.77. The lowest BCUT2D eigenvalue weighted by Crippen LogP contribution is -2.07. The zero-order chi connectivity index (χ0) is 14.4. The minimum absolute atomic E-state index is 0.559. The van der Waals surface area contributed by atoms with Gasteiger partial charge in [-0.2, -0.15) is 0 Å². The van der Waals surface area contributed by atoms with E-state index in [0.717, 1.165) is 23.3 Å². The summed E-state index contributed by atoms with van der Waals surface area (Å²) in [5.74, 6) is 0.790. The smallest absolute Gasteiger partial charge is 0.131 e. The standard InChI is InChI=1S/C17H19NO2/c1-13-7-6-10-16(14(2)18-19)17(13)20-12-11-15-8-4-3-5-9-15/h3-10,19H,11-12H2,1-2H3/b18-14+. The molecule has 0 saturated heterocycles. The molecular formula is C17H19NO2. The van der Waals surface area contributed by atoms with Crippen LogP contribution in [0.25, 0.3) is 0 Å². The van der Waals surface area contributed by atoms with Gasteiger partial charge in [-0.1, -0.05) is 47.6 Å². The van der Waals surface area contributed by atoms with Gasteiger partial charge >= 0.3 is 0 Å². The Morgan fingerprint density at radius 1 is 1.10 bits per heavy atom. The first-order valence-electron chi connectivity index (χ1n) is 6.67. The maximum atomic E-state index is 8.94. The van der Waals surface area contributed by atoms with Crippen molar-refractivity contribution in [2.24, 2.45) is 5.16 Å². The topological polar surface area (TPSA) is 41.8 Å². The molecular weight excluding hydrogens is 250 g/mol. The Balaban J connectivity index is 2.09. The largest absolute Gasteiger partial charge is 0.492 e. The average Bonchev–Trinajstić information content (AvgIpc) is 2.49. The van der Waals surface area contributed by atoms with Crippen LogP contribution in [0.2, 0.25) is 0 Å². The van der Waals surface area contributed by atoms with Crippen LogP contribution in [0, 0.1) is 6.92 Å². The van der Waals surface area contributed by atoms with Crippen LogP contribution in [0.4, 0.5) is 0 Å². The van der Waals surface area contributed by atoms with E-state index in [1.807, 2.05) is 43.3 Å². The van der Waals surface area contributed by atoms with Crippen LogP contribution in [-0.4, -0.2) is 17.5 Å². The molecule has 1 N–H and O–H groups in total. The lowest BCUT2D eigenvalue weighted by atomic mass is 10.1. The number of nitrogens with zero attached hydrogens (tertiary/aromatic N) is 1. The number of hydrogen-bond donors (Lipinski definition) is 1. The molecule has 0 bridgehead atoms. The fourth-order valence-electron chi connectivity index (χ4n) is 2.10. The SMILES string of the molecule is C/C(=N\O)c1cccc(C)c1OCCc1ccccc1. The van der Waals surface area contributed by atoms with E-state index < -0.39 is 0 Å². The lowest BCUT2D eigenvalue weighted by Gasteiger charge is -2.13. The molecule has 20 heavy (non-hydrogen) atoms. The third-order valence-corrected chi connectivity index (χ3v) is 3.23. The molecule has 0 radical (unpaired) electrons. The van der Waals surface area contributed by atoms with Crippen LogP contribution in [0.15, 0.2) is 53.7 Å². The maximum absolute atomic E-state index is 8.94. The number of oxime groups is 1. The second-order valence-electron chi connectivity index (χ2n) is 4.72. The summed E-state index contributed by atoms with van der Waals surface area (Å²) in [4.78, 5) is 0. The molecule has 0 aliphatic carbocycles. The summed E-state index contributed by atoms with van der Waals surface area (Å²) in [7, 11) is 0. The highest BCUT2D eigenvalue weighted by Gasteiger charge is 2.10. The quantitative estimate of drug-likeness (QED) is 0.509. The molecule has 2 rings (SSSR count). The number of rotatable bonds is 5.